The number of ether oxygens (including phenoxy) is 1. The number of piperidine rings is 1. The number of aromatic nitrogens is 1. The van der Waals surface area contributed by atoms with Crippen LogP contribution in [0.4, 0.5) is 5.82 Å². The molecular weight excluding hydrogens is 434 g/mol. The molecule has 1 unspecified atom stereocenters. The topological polar surface area (TPSA) is 71.5 Å². The van der Waals surface area contributed by atoms with Gasteiger partial charge in [0.2, 0.25) is 0 Å². The smallest absolute Gasteiger partial charge is 0.309 e. The summed E-state index contributed by atoms with van der Waals surface area (Å²) < 4.78 is 5.77. The molecule has 33 heavy (non-hydrogen) atoms. The normalized spacial score (nSPS) is 24.6. The first-order valence-corrected chi connectivity index (χ1v) is 14.0. The van der Waals surface area contributed by atoms with Gasteiger partial charge in [-0.25, -0.2) is 4.98 Å². The average Bonchev–Trinajstić information content (AvgIpc) is 3.57. The highest BCUT2D eigenvalue weighted by Gasteiger charge is 2.34. The number of rotatable bonds is 7. The Hall–Kier alpha value is -1.76. The quantitative estimate of drug-likeness (QED) is 0.558. The van der Waals surface area contributed by atoms with E-state index in [2.05, 4.69) is 10.2 Å². The first-order valence-electron chi connectivity index (χ1n) is 13.1. The standard InChI is InChI=1S/C26H37N3O3S/c30-24(27-19-7-2-1-3-8-19)22-14-15-23(28-25(22)33-21-10-4-5-11-21)29-16-6-9-20(17-29)32-26(31)18-12-13-18/h14-15,18-21H,1-13,16-17H2,(H,27,30). The maximum atomic E-state index is 13.2. The molecule has 5 rings (SSSR count). The van der Waals surface area contributed by atoms with Crippen LogP contribution in [0.25, 0.3) is 0 Å². The maximum Gasteiger partial charge on any atom is 0.309 e. The Labute approximate surface area is 201 Å². The molecule has 4 fully saturated rings. The van der Waals surface area contributed by atoms with E-state index >= 15 is 0 Å². The molecule has 3 aliphatic carbocycles. The highest BCUT2D eigenvalue weighted by Crippen LogP contribution is 2.37. The second-order valence-electron chi connectivity index (χ2n) is 10.3. The molecule has 180 valence electrons. The van der Waals surface area contributed by atoms with Crippen molar-refractivity contribution in [3.63, 3.8) is 0 Å². The second-order valence-corrected chi connectivity index (χ2v) is 11.6. The lowest BCUT2D eigenvalue weighted by atomic mass is 9.95. The third kappa shape index (κ3) is 6.03. The second kappa shape index (κ2) is 10.7. The van der Waals surface area contributed by atoms with Crippen LogP contribution in [0.3, 0.4) is 0 Å². The minimum Gasteiger partial charge on any atom is -0.460 e. The number of carbonyl (C=O) groups excluding carboxylic acids is 2. The van der Waals surface area contributed by atoms with Crippen LogP contribution in [-0.2, 0) is 9.53 Å². The van der Waals surface area contributed by atoms with Gasteiger partial charge in [-0.15, -0.1) is 11.8 Å². The molecule has 6 nitrogen and oxygen atoms in total. The van der Waals surface area contributed by atoms with Gasteiger partial charge in [0.25, 0.3) is 5.91 Å². The first kappa shape index (κ1) is 23.0. The Balaban J connectivity index is 1.30. The molecule has 7 heteroatoms. The summed E-state index contributed by atoms with van der Waals surface area (Å²) in [5.41, 5.74) is 0.718. The summed E-state index contributed by atoms with van der Waals surface area (Å²) in [7, 11) is 0. The fourth-order valence-electron chi connectivity index (χ4n) is 5.37. The van der Waals surface area contributed by atoms with E-state index < -0.39 is 0 Å². The maximum absolute atomic E-state index is 13.2. The van der Waals surface area contributed by atoms with Crippen LogP contribution in [0.1, 0.15) is 93.8 Å². The molecule has 0 spiro atoms. The number of pyridine rings is 1. The fourth-order valence-corrected chi connectivity index (χ4v) is 6.68. The van der Waals surface area contributed by atoms with Gasteiger partial charge in [0.1, 0.15) is 16.9 Å². The molecule has 1 N–H and O–H groups in total. The van der Waals surface area contributed by atoms with Crippen molar-refractivity contribution in [2.75, 3.05) is 18.0 Å². The van der Waals surface area contributed by atoms with Crippen LogP contribution in [0, 0.1) is 5.92 Å². The third-order valence-corrected chi connectivity index (χ3v) is 8.85. The number of nitrogens with zero attached hydrogens (tertiary/aromatic N) is 2. The average molecular weight is 472 g/mol. The van der Waals surface area contributed by atoms with Gasteiger partial charge in [0.05, 0.1) is 18.0 Å². The van der Waals surface area contributed by atoms with Gasteiger partial charge in [-0.1, -0.05) is 32.1 Å². The summed E-state index contributed by atoms with van der Waals surface area (Å²) in [5, 5.41) is 4.69. The minimum absolute atomic E-state index is 0.0244. The number of esters is 1. The minimum atomic E-state index is -0.0612. The molecule has 0 aromatic carbocycles. The number of hydrogen-bond donors (Lipinski definition) is 1. The highest BCUT2D eigenvalue weighted by molar-refractivity contribution is 7.99. The predicted octanol–water partition coefficient (Wildman–Crippen LogP) is 5.10. The number of thioether (sulfide) groups is 1. The monoisotopic (exact) mass is 471 g/mol. The third-order valence-electron chi connectivity index (χ3n) is 7.51. The van der Waals surface area contributed by atoms with Gasteiger partial charge in [0.15, 0.2) is 0 Å². The summed E-state index contributed by atoms with van der Waals surface area (Å²) in [5.74, 6) is 1.03. The summed E-state index contributed by atoms with van der Waals surface area (Å²) >= 11 is 1.79. The zero-order chi connectivity index (χ0) is 22.6. The van der Waals surface area contributed by atoms with Crippen molar-refractivity contribution in [1.82, 2.24) is 10.3 Å². The van der Waals surface area contributed by atoms with Gasteiger partial charge in [0, 0.05) is 17.8 Å². The van der Waals surface area contributed by atoms with Crippen molar-refractivity contribution >= 4 is 29.5 Å². The molecule has 1 saturated heterocycles. The van der Waals surface area contributed by atoms with Crippen LogP contribution in [0.15, 0.2) is 17.2 Å². The number of nitrogens with one attached hydrogen (secondary N) is 1. The van der Waals surface area contributed by atoms with E-state index in [-0.39, 0.29) is 23.9 Å². The van der Waals surface area contributed by atoms with Crippen molar-refractivity contribution in [1.29, 1.82) is 0 Å². The van der Waals surface area contributed by atoms with E-state index in [9.17, 15) is 9.59 Å². The van der Waals surface area contributed by atoms with E-state index in [1.54, 1.807) is 11.8 Å². The van der Waals surface area contributed by atoms with Crippen LogP contribution >= 0.6 is 11.8 Å². The summed E-state index contributed by atoms with van der Waals surface area (Å²) in [6.45, 7) is 1.60. The number of carbonyl (C=O) groups is 2. The van der Waals surface area contributed by atoms with Crippen molar-refractivity contribution < 1.29 is 14.3 Å². The Morgan fingerprint density at radius 3 is 2.45 bits per heavy atom. The summed E-state index contributed by atoms with van der Waals surface area (Å²) in [4.78, 5) is 32.6. The van der Waals surface area contributed by atoms with E-state index in [4.69, 9.17) is 9.72 Å². The Morgan fingerprint density at radius 1 is 0.939 bits per heavy atom. The van der Waals surface area contributed by atoms with E-state index in [1.165, 1.54) is 44.9 Å². The Bertz CT molecular complexity index is 847. The molecule has 1 aliphatic heterocycles. The van der Waals surface area contributed by atoms with E-state index in [0.29, 0.717) is 17.8 Å². The lowest BCUT2D eigenvalue weighted by Crippen LogP contribution is -2.41. The number of amides is 1. The molecule has 1 atom stereocenters. The molecule has 3 saturated carbocycles. The molecule has 1 amide bonds. The van der Waals surface area contributed by atoms with Crippen molar-refractivity contribution in [2.24, 2.45) is 5.92 Å². The van der Waals surface area contributed by atoms with Gasteiger partial charge < -0.3 is 15.0 Å². The zero-order valence-electron chi connectivity index (χ0n) is 19.6. The molecule has 1 aromatic heterocycles. The summed E-state index contributed by atoms with van der Waals surface area (Å²) in [6, 6.07) is 4.25. The van der Waals surface area contributed by atoms with Gasteiger partial charge in [-0.3, -0.25) is 9.59 Å². The molecule has 2 heterocycles. The first-order chi connectivity index (χ1) is 16.2. The van der Waals surface area contributed by atoms with Crippen LogP contribution in [0.5, 0.6) is 0 Å². The van der Waals surface area contributed by atoms with Crippen molar-refractivity contribution in [3.05, 3.63) is 17.7 Å². The van der Waals surface area contributed by atoms with Crippen LogP contribution in [0.2, 0.25) is 0 Å². The Morgan fingerprint density at radius 2 is 1.70 bits per heavy atom. The van der Waals surface area contributed by atoms with Gasteiger partial charge in [-0.05, 0) is 63.5 Å². The van der Waals surface area contributed by atoms with E-state index in [0.717, 1.165) is 61.5 Å². The lowest BCUT2D eigenvalue weighted by Gasteiger charge is -2.33. The summed E-state index contributed by atoms with van der Waals surface area (Å²) in [6.07, 6.45) is 14.6. The predicted molar refractivity (Wildman–Crippen MR) is 131 cm³/mol. The molecule has 1 aromatic rings. The van der Waals surface area contributed by atoms with Crippen molar-refractivity contribution in [2.45, 2.75) is 106 Å². The highest BCUT2D eigenvalue weighted by atomic mass is 32.2. The molecular formula is C26H37N3O3S. The Kier molecular flexibility index (Phi) is 7.43. The fraction of sp³-hybridized carbons (Fsp3) is 0.731. The van der Waals surface area contributed by atoms with Crippen molar-refractivity contribution in [3.8, 4) is 0 Å². The number of anilines is 1. The molecule has 4 aliphatic rings. The van der Waals surface area contributed by atoms with Gasteiger partial charge in [-0.2, -0.15) is 0 Å². The lowest BCUT2D eigenvalue weighted by molar-refractivity contribution is -0.151. The van der Waals surface area contributed by atoms with Gasteiger partial charge >= 0.3 is 5.97 Å². The largest absolute Gasteiger partial charge is 0.460 e. The molecule has 0 bridgehead atoms. The van der Waals surface area contributed by atoms with Crippen LogP contribution in [-0.4, -0.2) is 47.3 Å². The van der Waals surface area contributed by atoms with Crippen LogP contribution < -0.4 is 10.2 Å². The zero-order valence-corrected chi connectivity index (χ0v) is 20.4. The number of hydrogen-bond acceptors (Lipinski definition) is 6. The van der Waals surface area contributed by atoms with E-state index in [1.807, 2.05) is 12.1 Å². The SMILES string of the molecule is O=C(NC1CCCCC1)c1ccc(N2CCCC(OC(=O)C3CC3)C2)nc1SC1CCCC1. The molecule has 0 radical (unpaired) electrons.